The lowest BCUT2D eigenvalue weighted by Crippen LogP contribution is -2.30. The van der Waals surface area contributed by atoms with Crippen LogP contribution in [0.5, 0.6) is 5.75 Å². The lowest BCUT2D eigenvalue weighted by atomic mass is 10.2. The number of benzene rings is 2. The first-order valence-electron chi connectivity index (χ1n) is 6.91. The predicted molar refractivity (Wildman–Crippen MR) is 86.6 cm³/mol. The van der Waals surface area contributed by atoms with Crippen LogP contribution in [-0.2, 0) is 16.1 Å². The van der Waals surface area contributed by atoms with Gasteiger partial charge in [-0.2, -0.15) is 0 Å². The van der Waals surface area contributed by atoms with Crippen LogP contribution in [0.2, 0.25) is 5.02 Å². The molecule has 0 radical (unpaired) electrons. The van der Waals surface area contributed by atoms with Crippen molar-refractivity contribution in [3.05, 3.63) is 64.7 Å². The fourth-order valence-electron chi connectivity index (χ4n) is 1.84. The summed E-state index contributed by atoms with van der Waals surface area (Å²) in [5, 5.41) is 3.03. The van der Waals surface area contributed by atoms with E-state index in [2.05, 4.69) is 5.32 Å². The summed E-state index contributed by atoms with van der Waals surface area (Å²) >= 11 is 5.97. The Morgan fingerprint density at radius 2 is 1.91 bits per heavy atom. The van der Waals surface area contributed by atoms with Gasteiger partial charge in [0.2, 0.25) is 0 Å². The number of hydrogen-bond donors (Lipinski definition) is 1. The molecule has 2 aromatic rings. The molecule has 0 aliphatic carbocycles. The molecule has 0 aliphatic rings. The van der Waals surface area contributed by atoms with Gasteiger partial charge >= 0.3 is 5.97 Å². The number of hydrogen-bond acceptors (Lipinski definition) is 4. The first-order valence-corrected chi connectivity index (χ1v) is 7.29. The van der Waals surface area contributed by atoms with Gasteiger partial charge in [0, 0.05) is 16.1 Å². The number of methoxy groups -OCH3 is 1. The van der Waals surface area contributed by atoms with Gasteiger partial charge < -0.3 is 14.8 Å². The topological polar surface area (TPSA) is 64.6 Å². The smallest absolute Gasteiger partial charge is 0.325 e. The Morgan fingerprint density at radius 3 is 2.65 bits per heavy atom. The predicted octanol–water partition coefficient (Wildman–Crippen LogP) is 2.82. The number of amides is 1. The van der Waals surface area contributed by atoms with Gasteiger partial charge in [0.15, 0.2) is 0 Å². The van der Waals surface area contributed by atoms with E-state index >= 15 is 0 Å². The highest BCUT2D eigenvalue weighted by molar-refractivity contribution is 6.31. The van der Waals surface area contributed by atoms with Crippen LogP contribution < -0.4 is 10.1 Å². The van der Waals surface area contributed by atoms with Gasteiger partial charge in [0.25, 0.3) is 5.91 Å². The molecule has 2 rings (SSSR count). The van der Waals surface area contributed by atoms with Crippen LogP contribution in [0.1, 0.15) is 15.9 Å². The van der Waals surface area contributed by atoms with E-state index < -0.39 is 5.97 Å². The van der Waals surface area contributed by atoms with Crippen molar-refractivity contribution in [2.45, 2.75) is 6.61 Å². The van der Waals surface area contributed by atoms with E-state index in [0.29, 0.717) is 21.9 Å². The molecule has 23 heavy (non-hydrogen) atoms. The van der Waals surface area contributed by atoms with E-state index in [1.807, 2.05) is 0 Å². The fraction of sp³-hybridized carbons (Fsp3) is 0.176. The van der Waals surface area contributed by atoms with Crippen LogP contribution in [0.15, 0.2) is 48.5 Å². The van der Waals surface area contributed by atoms with E-state index in [0.717, 1.165) is 0 Å². The van der Waals surface area contributed by atoms with Gasteiger partial charge in [-0.05, 0) is 24.3 Å². The number of carbonyl (C=O) groups excluding carboxylic acids is 2. The fourth-order valence-corrected chi connectivity index (χ4v) is 2.03. The number of ether oxygens (including phenoxy) is 2. The van der Waals surface area contributed by atoms with Gasteiger partial charge in [0.05, 0.1) is 7.11 Å². The van der Waals surface area contributed by atoms with E-state index in [1.165, 1.54) is 7.11 Å². The second-order valence-electron chi connectivity index (χ2n) is 4.67. The molecule has 0 saturated heterocycles. The van der Waals surface area contributed by atoms with E-state index in [9.17, 15) is 9.59 Å². The molecular formula is C17H16ClNO4. The summed E-state index contributed by atoms with van der Waals surface area (Å²) in [6.45, 7) is -0.159. The molecule has 1 amide bonds. The van der Waals surface area contributed by atoms with Crippen molar-refractivity contribution in [1.82, 2.24) is 5.32 Å². The summed E-state index contributed by atoms with van der Waals surface area (Å²) < 4.78 is 10.1. The third-order valence-electron chi connectivity index (χ3n) is 3.07. The first kappa shape index (κ1) is 16.8. The SMILES string of the molecule is COc1cccc(C(=O)NCC(=O)OCc2ccccc2Cl)c1. The number of halogens is 1. The second-order valence-corrected chi connectivity index (χ2v) is 5.07. The Morgan fingerprint density at radius 1 is 1.13 bits per heavy atom. The van der Waals surface area contributed by atoms with Crippen molar-refractivity contribution in [1.29, 1.82) is 0 Å². The number of nitrogens with one attached hydrogen (secondary N) is 1. The maximum absolute atomic E-state index is 12.0. The number of carbonyl (C=O) groups is 2. The van der Waals surface area contributed by atoms with Gasteiger partial charge in [-0.25, -0.2) is 0 Å². The molecule has 0 bridgehead atoms. The molecular weight excluding hydrogens is 318 g/mol. The average molecular weight is 334 g/mol. The Kier molecular flexibility index (Phi) is 6.00. The lowest BCUT2D eigenvalue weighted by molar-refractivity contribution is -0.143. The molecule has 6 heteroatoms. The maximum atomic E-state index is 12.0. The molecule has 0 aromatic heterocycles. The van der Waals surface area contributed by atoms with Crippen LogP contribution in [-0.4, -0.2) is 25.5 Å². The molecule has 0 heterocycles. The van der Waals surface area contributed by atoms with E-state index in [-0.39, 0.29) is 19.1 Å². The van der Waals surface area contributed by atoms with E-state index in [1.54, 1.807) is 48.5 Å². The van der Waals surface area contributed by atoms with Crippen LogP contribution in [0, 0.1) is 0 Å². The second kappa shape index (κ2) is 8.19. The third-order valence-corrected chi connectivity index (χ3v) is 3.44. The highest BCUT2D eigenvalue weighted by Crippen LogP contribution is 2.15. The summed E-state index contributed by atoms with van der Waals surface area (Å²) in [7, 11) is 1.52. The van der Waals surface area contributed by atoms with Crippen molar-refractivity contribution in [3.8, 4) is 5.75 Å². The van der Waals surface area contributed by atoms with Crippen LogP contribution in [0.4, 0.5) is 0 Å². The molecule has 0 unspecified atom stereocenters. The van der Waals surface area contributed by atoms with Crippen molar-refractivity contribution >= 4 is 23.5 Å². The number of esters is 1. The molecule has 5 nitrogen and oxygen atoms in total. The molecule has 0 aliphatic heterocycles. The van der Waals surface area contributed by atoms with Crippen molar-refractivity contribution < 1.29 is 19.1 Å². The maximum Gasteiger partial charge on any atom is 0.325 e. The van der Waals surface area contributed by atoms with Crippen LogP contribution in [0.3, 0.4) is 0 Å². The van der Waals surface area contributed by atoms with Gasteiger partial charge in [-0.3, -0.25) is 9.59 Å². The highest BCUT2D eigenvalue weighted by atomic mass is 35.5. The van der Waals surface area contributed by atoms with Crippen molar-refractivity contribution in [2.75, 3.05) is 13.7 Å². The zero-order valence-electron chi connectivity index (χ0n) is 12.5. The van der Waals surface area contributed by atoms with E-state index in [4.69, 9.17) is 21.1 Å². The average Bonchev–Trinajstić information content (AvgIpc) is 2.59. The Hall–Kier alpha value is -2.53. The monoisotopic (exact) mass is 333 g/mol. The summed E-state index contributed by atoms with van der Waals surface area (Å²) in [5.41, 5.74) is 1.12. The standard InChI is InChI=1S/C17H16ClNO4/c1-22-14-7-4-6-12(9-14)17(21)19-10-16(20)23-11-13-5-2-3-8-15(13)18/h2-9H,10-11H2,1H3,(H,19,21). The van der Waals surface area contributed by atoms with Gasteiger partial charge in [0.1, 0.15) is 18.9 Å². The van der Waals surface area contributed by atoms with Crippen LogP contribution in [0.25, 0.3) is 0 Å². The van der Waals surface area contributed by atoms with Gasteiger partial charge in [-0.15, -0.1) is 0 Å². The summed E-state index contributed by atoms with van der Waals surface area (Å²) in [4.78, 5) is 23.6. The molecule has 2 aromatic carbocycles. The molecule has 1 N–H and O–H groups in total. The molecule has 120 valence electrons. The van der Waals surface area contributed by atoms with Crippen LogP contribution >= 0.6 is 11.6 Å². The summed E-state index contributed by atoms with van der Waals surface area (Å²) in [6, 6.07) is 13.7. The minimum absolute atomic E-state index is 0.0630. The molecule has 0 saturated carbocycles. The lowest BCUT2D eigenvalue weighted by Gasteiger charge is -2.08. The Labute approximate surface area is 139 Å². The zero-order chi connectivity index (χ0) is 16.7. The normalized spacial score (nSPS) is 10.0. The minimum Gasteiger partial charge on any atom is -0.497 e. The highest BCUT2D eigenvalue weighted by Gasteiger charge is 2.10. The first-order chi connectivity index (χ1) is 11.1. The third kappa shape index (κ3) is 5.00. The Balaban J connectivity index is 1.82. The largest absolute Gasteiger partial charge is 0.497 e. The number of rotatable bonds is 6. The Bertz CT molecular complexity index is 702. The van der Waals surface area contributed by atoms with Crippen molar-refractivity contribution in [3.63, 3.8) is 0 Å². The molecule has 0 fully saturated rings. The summed E-state index contributed by atoms with van der Waals surface area (Å²) in [6.07, 6.45) is 0. The molecule has 0 atom stereocenters. The zero-order valence-corrected chi connectivity index (χ0v) is 13.3. The van der Waals surface area contributed by atoms with Gasteiger partial charge in [-0.1, -0.05) is 35.9 Å². The molecule has 0 spiro atoms. The summed E-state index contributed by atoms with van der Waals surface area (Å²) in [5.74, 6) is -0.348. The minimum atomic E-state index is -0.541. The quantitative estimate of drug-likeness (QED) is 0.826. The van der Waals surface area contributed by atoms with Crippen molar-refractivity contribution in [2.24, 2.45) is 0 Å².